The van der Waals surface area contributed by atoms with E-state index in [1.807, 2.05) is 0 Å². The molecule has 5 heteroatoms. The Morgan fingerprint density at radius 1 is 1.41 bits per heavy atom. The van der Waals surface area contributed by atoms with Crippen LogP contribution < -0.4 is 0 Å². The summed E-state index contributed by atoms with van der Waals surface area (Å²) in [6, 6.07) is 0. The lowest BCUT2D eigenvalue weighted by molar-refractivity contribution is -0.125. The first-order valence-electron chi connectivity index (χ1n) is 6.23. The Bertz CT molecular complexity index is 253. The lowest BCUT2D eigenvalue weighted by atomic mass is 10.0. The molecule has 1 saturated heterocycles. The Labute approximate surface area is 104 Å². The molecule has 1 heterocycles. The molecule has 0 spiro atoms. The van der Waals surface area contributed by atoms with Crippen LogP contribution in [0.5, 0.6) is 0 Å². The number of rotatable bonds is 3. The molecule has 0 aromatic carbocycles. The number of aliphatic hydroxyl groups excluding tert-OH is 1. The molecule has 102 valence electrons. The number of hydrogen-bond acceptors (Lipinski definition) is 3. The second-order valence-corrected chi connectivity index (χ2v) is 11.1. The van der Waals surface area contributed by atoms with Gasteiger partial charge in [-0.3, -0.25) is 0 Å². The summed E-state index contributed by atoms with van der Waals surface area (Å²) in [5.74, 6) is 0. The third kappa shape index (κ3) is 3.74. The van der Waals surface area contributed by atoms with Crippen LogP contribution in [0.3, 0.4) is 0 Å². The van der Waals surface area contributed by atoms with Crippen LogP contribution in [0.4, 0.5) is 4.39 Å². The molecule has 1 unspecified atom stereocenters. The molecule has 0 bridgehead atoms. The molecule has 1 aliphatic rings. The summed E-state index contributed by atoms with van der Waals surface area (Å²) in [5, 5.41) is 9.79. The summed E-state index contributed by atoms with van der Waals surface area (Å²) in [6.07, 6.45) is -2.48. The largest absolute Gasteiger partial charge is 0.414 e. The maximum Gasteiger partial charge on any atom is 0.192 e. The molecule has 3 atom stereocenters. The zero-order chi connectivity index (χ0) is 13.3. The van der Waals surface area contributed by atoms with E-state index in [-0.39, 0.29) is 18.1 Å². The number of aliphatic hydroxyl groups is 1. The molecule has 0 radical (unpaired) electrons. The Balaban J connectivity index is 2.50. The minimum atomic E-state index is -1.85. The summed E-state index contributed by atoms with van der Waals surface area (Å²) < 4.78 is 24.6. The summed E-state index contributed by atoms with van der Waals surface area (Å²) in [6.45, 7) is 11.4. The van der Waals surface area contributed by atoms with Gasteiger partial charge in [0.25, 0.3) is 0 Å². The lowest BCUT2D eigenvalue weighted by Crippen LogP contribution is -2.49. The Morgan fingerprint density at radius 3 is 2.53 bits per heavy atom. The second-order valence-electron chi connectivity index (χ2n) is 6.28. The van der Waals surface area contributed by atoms with Crippen molar-refractivity contribution < 1.29 is 18.7 Å². The van der Waals surface area contributed by atoms with Gasteiger partial charge < -0.3 is 14.3 Å². The van der Waals surface area contributed by atoms with Gasteiger partial charge in [-0.2, -0.15) is 0 Å². The highest BCUT2D eigenvalue weighted by Crippen LogP contribution is 2.36. The van der Waals surface area contributed by atoms with E-state index in [1.54, 1.807) is 0 Å². The Morgan fingerprint density at radius 2 is 2.00 bits per heavy atom. The van der Waals surface area contributed by atoms with E-state index in [2.05, 4.69) is 33.9 Å². The highest BCUT2D eigenvalue weighted by molar-refractivity contribution is 6.74. The highest BCUT2D eigenvalue weighted by atomic mass is 28.4. The topological polar surface area (TPSA) is 38.7 Å². The van der Waals surface area contributed by atoms with E-state index in [1.165, 1.54) is 0 Å². The summed E-state index contributed by atoms with van der Waals surface area (Å²) in [7, 11) is -1.85. The molecule has 1 aliphatic heterocycles. The molecule has 0 aromatic heterocycles. The van der Waals surface area contributed by atoms with Gasteiger partial charge in [0, 0.05) is 6.42 Å². The van der Waals surface area contributed by atoms with Gasteiger partial charge in [0.1, 0.15) is 18.4 Å². The Hall–Kier alpha value is 0.0269. The molecule has 0 aromatic rings. The van der Waals surface area contributed by atoms with E-state index in [9.17, 15) is 9.50 Å². The van der Waals surface area contributed by atoms with E-state index >= 15 is 0 Å². The molecule has 3 nitrogen and oxygen atoms in total. The molecule has 0 amide bonds. The first-order chi connectivity index (χ1) is 7.65. The van der Waals surface area contributed by atoms with Crippen molar-refractivity contribution in [1.29, 1.82) is 0 Å². The third-order valence-corrected chi connectivity index (χ3v) is 8.39. The molecular weight excluding hydrogens is 239 g/mol. The van der Waals surface area contributed by atoms with Gasteiger partial charge in [-0.15, -0.1) is 0 Å². The highest BCUT2D eigenvalue weighted by Gasteiger charge is 2.40. The lowest BCUT2D eigenvalue weighted by Gasteiger charge is -2.39. The standard InChI is InChI=1S/C12H25FO3Si/c1-12(2,3)17(4,5)16-8-10-11(14)9(13)6-7-15-10/h9-11,14H,6-8H2,1-5H3/t9-,10?,11+/m1/s1. The van der Waals surface area contributed by atoms with Gasteiger partial charge in [-0.25, -0.2) is 4.39 Å². The van der Waals surface area contributed by atoms with Crippen LogP contribution in [-0.2, 0) is 9.16 Å². The maximum absolute atomic E-state index is 13.3. The minimum absolute atomic E-state index is 0.113. The van der Waals surface area contributed by atoms with Crippen molar-refractivity contribution in [2.24, 2.45) is 0 Å². The number of alkyl halides is 1. The average molecular weight is 264 g/mol. The van der Waals surface area contributed by atoms with Crippen LogP contribution in [0.1, 0.15) is 27.2 Å². The molecular formula is C12H25FO3Si. The fourth-order valence-corrected chi connectivity index (χ4v) is 2.50. The van der Waals surface area contributed by atoms with Gasteiger partial charge in [-0.1, -0.05) is 20.8 Å². The van der Waals surface area contributed by atoms with Gasteiger partial charge in [-0.05, 0) is 18.1 Å². The quantitative estimate of drug-likeness (QED) is 0.796. The predicted molar refractivity (Wildman–Crippen MR) is 68.4 cm³/mol. The van der Waals surface area contributed by atoms with Gasteiger partial charge in [0.05, 0.1) is 13.2 Å². The van der Waals surface area contributed by atoms with E-state index in [4.69, 9.17) is 9.16 Å². The van der Waals surface area contributed by atoms with Crippen LogP contribution in [0.15, 0.2) is 0 Å². The molecule has 0 saturated carbocycles. The summed E-state index contributed by atoms with van der Waals surface area (Å²) >= 11 is 0. The van der Waals surface area contributed by atoms with E-state index < -0.39 is 26.7 Å². The van der Waals surface area contributed by atoms with Crippen molar-refractivity contribution in [1.82, 2.24) is 0 Å². The number of hydrogen-bond donors (Lipinski definition) is 1. The van der Waals surface area contributed by atoms with Crippen LogP contribution >= 0.6 is 0 Å². The van der Waals surface area contributed by atoms with Gasteiger partial charge >= 0.3 is 0 Å². The smallest absolute Gasteiger partial charge is 0.192 e. The number of halogens is 1. The van der Waals surface area contributed by atoms with Crippen molar-refractivity contribution in [2.75, 3.05) is 13.2 Å². The van der Waals surface area contributed by atoms with Crippen molar-refractivity contribution in [3.05, 3.63) is 0 Å². The van der Waals surface area contributed by atoms with Crippen LogP contribution in [-0.4, -0.2) is 45.0 Å². The van der Waals surface area contributed by atoms with Crippen LogP contribution in [0.25, 0.3) is 0 Å². The zero-order valence-corrected chi connectivity index (χ0v) is 12.5. The average Bonchev–Trinajstić information content (AvgIpc) is 2.18. The molecule has 1 N–H and O–H groups in total. The minimum Gasteiger partial charge on any atom is -0.414 e. The van der Waals surface area contributed by atoms with E-state index in [0.29, 0.717) is 6.61 Å². The van der Waals surface area contributed by atoms with Crippen molar-refractivity contribution in [2.45, 2.75) is 63.7 Å². The normalized spacial score (nSPS) is 31.6. The summed E-state index contributed by atoms with van der Waals surface area (Å²) in [4.78, 5) is 0. The fourth-order valence-electron chi connectivity index (χ4n) is 1.49. The first kappa shape index (κ1) is 15.1. The fraction of sp³-hybridized carbons (Fsp3) is 1.00. The summed E-state index contributed by atoms with van der Waals surface area (Å²) in [5.41, 5.74) is 0. The molecule has 17 heavy (non-hydrogen) atoms. The number of ether oxygens (including phenoxy) is 1. The Kier molecular flexibility index (Phi) is 4.74. The predicted octanol–water partition coefficient (Wildman–Crippen LogP) is 2.50. The van der Waals surface area contributed by atoms with Crippen molar-refractivity contribution in [3.8, 4) is 0 Å². The van der Waals surface area contributed by atoms with Crippen molar-refractivity contribution >= 4 is 8.32 Å². The van der Waals surface area contributed by atoms with E-state index in [0.717, 1.165) is 0 Å². The van der Waals surface area contributed by atoms with Gasteiger partial charge in [0.15, 0.2) is 8.32 Å². The van der Waals surface area contributed by atoms with Crippen LogP contribution in [0, 0.1) is 0 Å². The molecule has 1 fully saturated rings. The second kappa shape index (κ2) is 5.34. The zero-order valence-electron chi connectivity index (χ0n) is 11.5. The van der Waals surface area contributed by atoms with Crippen LogP contribution in [0.2, 0.25) is 18.1 Å². The maximum atomic E-state index is 13.3. The van der Waals surface area contributed by atoms with Crippen molar-refractivity contribution in [3.63, 3.8) is 0 Å². The molecule has 0 aliphatic carbocycles. The monoisotopic (exact) mass is 264 g/mol. The van der Waals surface area contributed by atoms with Gasteiger partial charge in [0.2, 0.25) is 0 Å². The third-order valence-electron chi connectivity index (χ3n) is 3.89. The SMILES string of the molecule is CC(C)(C)[Si](C)(C)OCC1OCC[C@@H](F)[C@@H]1O. The first-order valence-corrected chi connectivity index (χ1v) is 9.14. The molecule has 1 rings (SSSR count).